The quantitative estimate of drug-likeness (QED) is 0.804. The van der Waals surface area contributed by atoms with Crippen molar-refractivity contribution in [3.05, 3.63) is 0 Å². The van der Waals surface area contributed by atoms with E-state index in [-0.39, 0.29) is 11.7 Å². The van der Waals surface area contributed by atoms with E-state index in [0.29, 0.717) is 12.7 Å². The molecule has 2 fully saturated rings. The van der Waals surface area contributed by atoms with Crippen molar-refractivity contribution in [1.82, 2.24) is 10.2 Å². The maximum Gasteiger partial charge on any atom is 0.409 e. The molecule has 2 saturated heterocycles. The summed E-state index contributed by atoms with van der Waals surface area (Å²) in [7, 11) is 0. The third-order valence-electron chi connectivity index (χ3n) is 4.35. The van der Waals surface area contributed by atoms with Crippen molar-refractivity contribution in [1.29, 1.82) is 0 Å². The number of rotatable bonds is 4. The number of nitrogens with one attached hydrogen (secondary N) is 1. The molecule has 1 amide bonds. The highest BCUT2D eigenvalue weighted by molar-refractivity contribution is 5.67. The number of hydrogen-bond acceptors (Lipinski definition) is 4. The van der Waals surface area contributed by atoms with Gasteiger partial charge in [-0.15, -0.1) is 0 Å². The molecule has 0 radical (unpaired) electrons. The predicted octanol–water partition coefficient (Wildman–Crippen LogP) is 2.16. The summed E-state index contributed by atoms with van der Waals surface area (Å²) in [6.45, 7) is 8.12. The molecule has 5 heteroatoms. The maximum atomic E-state index is 11.9. The first-order valence-corrected chi connectivity index (χ1v) is 7.99. The summed E-state index contributed by atoms with van der Waals surface area (Å²) in [5.41, 5.74) is -0.0703. The molecule has 0 aliphatic carbocycles. The lowest BCUT2D eigenvalue weighted by molar-refractivity contribution is -0.140. The Balaban J connectivity index is 1.78. The normalized spacial score (nSPS) is 25.7. The van der Waals surface area contributed by atoms with Crippen molar-refractivity contribution < 1.29 is 14.3 Å². The SMILES string of the molecule is CCCCOC(=O)N1CCC2(CC1)CNCC(CC)O2. The van der Waals surface area contributed by atoms with Crippen molar-refractivity contribution in [3.8, 4) is 0 Å². The second-order valence-electron chi connectivity index (χ2n) is 5.92. The van der Waals surface area contributed by atoms with Gasteiger partial charge in [-0.2, -0.15) is 0 Å². The van der Waals surface area contributed by atoms with E-state index in [4.69, 9.17) is 9.47 Å². The van der Waals surface area contributed by atoms with Crippen LogP contribution in [0.2, 0.25) is 0 Å². The van der Waals surface area contributed by atoms with Gasteiger partial charge in [0.15, 0.2) is 0 Å². The van der Waals surface area contributed by atoms with Crippen LogP contribution in [0, 0.1) is 0 Å². The van der Waals surface area contributed by atoms with Gasteiger partial charge in [0.25, 0.3) is 0 Å². The third-order valence-corrected chi connectivity index (χ3v) is 4.35. The summed E-state index contributed by atoms with van der Waals surface area (Å²) >= 11 is 0. The van der Waals surface area contributed by atoms with Gasteiger partial charge < -0.3 is 19.7 Å². The highest BCUT2D eigenvalue weighted by Gasteiger charge is 2.40. The Labute approximate surface area is 122 Å². The van der Waals surface area contributed by atoms with Crippen LogP contribution >= 0.6 is 0 Å². The Morgan fingerprint density at radius 1 is 1.40 bits per heavy atom. The molecule has 1 spiro atoms. The number of morpholine rings is 1. The van der Waals surface area contributed by atoms with E-state index in [1.54, 1.807) is 0 Å². The Morgan fingerprint density at radius 2 is 2.15 bits per heavy atom. The highest BCUT2D eigenvalue weighted by atomic mass is 16.6. The zero-order valence-corrected chi connectivity index (χ0v) is 12.8. The maximum absolute atomic E-state index is 11.9. The molecule has 2 aliphatic rings. The van der Waals surface area contributed by atoms with Crippen LogP contribution in [-0.2, 0) is 9.47 Å². The van der Waals surface area contributed by atoms with Crippen molar-refractivity contribution in [2.24, 2.45) is 0 Å². The first-order chi connectivity index (χ1) is 9.69. The van der Waals surface area contributed by atoms with E-state index >= 15 is 0 Å². The number of nitrogens with zero attached hydrogens (tertiary/aromatic N) is 1. The zero-order chi connectivity index (χ0) is 14.4. The largest absolute Gasteiger partial charge is 0.449 e. The second-order valence-corrected chi connectivity index (χ2v) is 5.92. The summed E-state index contributed by atoms with van der Waals surface area (Å²) in [4.78, 5) is 13.7. The molecule has 1 N–H and O–H groups in total. The van der Waals surface area contributed by atoms with Gasteiger partial charge >= 0.3 is 6.09 Å². The number of amides is 1. The van der Waals surface area contributed by atoms with Crippen molar-refractivity contribution in [2.45, 2.75) is 57.7 Å². The summed E-state index contributed by atoms with van der Waals surface area (Å²) < 4.78 is 11.5. The van der Waals surface area contributed by atoms with Crippen LogP contribution in [0.4, 0.5) is 4.79 Å². The fourth-order valence-electron chi connectivity index (χ4n) is 2.91. The molecule has 1 atom stereocenters. The molecule has 20 heavy (non-hydrogen) atoms. The molecule has 0 aromatic carbocycles. The van der Waals surface area contributed by atoms with Crippen LogP contribution in [0.5, 0.6) is 0 Å². The first-order valence-electron chi connectivity index (χ1n) is 7.99. The molecule has 2 rings (SSSR count). The number of unbranched alkanes of at least 4 members (excludes halogenated alkanes) is 1. The molecule has 0 aromatic rings. The van der Waals surface area contributed by atoms with Crippen LogP contribution in [0.1, 0.15) is 46.0 Å². The Bertz CT molecular complexity index is 314. The number of carbonyl (C=O) groups is 1. The third kappa shape index (κ3) is 3.85. The van der Waals surface area contributed by atoms with E-state index in [2.05, 4.69) is 19.2 Å². The molecule has 0 bridgehead atoms. The predicted molar refractivity (Wildman–Crippen MR) is 77.8 cm³/mol. The number of likely N-dealkylation sites (tertiary alicyclic amines) is 1. The van der Waals surface area contributed by atoms with Crippen LogP contribution < -0.4 is 5.32 Å². The fraction of sp³-hybridized carbons (Fsp3) is 0.933. The van der Waals surface area contributed by atoms with Crippen LogP contribution in [-0.4, -0.2) is 55.5 Å². The molecule has 2 aliphatic heterocycles. The average Bonchev–Trinajstić information content (AvgIpc) is 2.48. The smallest absolute Gasteiger partial charge is 0.409 e. The monoisotopic (exact) mass is 284 g/mol. The van der Waals surface area contributed by atoms with Crippen molar-refractivity contribution in [2.75, 3.05) is 32.8 Å². The van der Waals surface area contributed by atoms with E-state index in [1.165, 1.54) is 0 Å². The van der Waals surface area contributed by atoms with Crippen LogP contribution in [0.25, 0.3) is 0 Å². The molecule has 1 unspecified atom stereocenters. The molecule has 0 saturated carbocycles. The lowest BCUT2D eigenvalue weighted by Gasteiger charge is -2.46. The standard InChI is InChI=1S/C15H28N2O3/c1-3-5-10-19-14(18)17-8-6-15(7-9-17)12-16-11-13(4-2)20-15/h13,16H,3-12H2,1-2H3. The minimum absolute atomic E-state index is 0.0703. The first kappa shape index (κ1) is 15.6. The van der Waals surface area contributed by atoms with Gasteiger partial charge in [0.1, 0.15) is 0 Å². The number of hydrogen-bond donors (Lipinski definition) is 1. The van der Waals surface area contributed by atoms with E-state index in [0.717, 1.165) is 58.3 Å². The second kappa shape index (κ2) is 7.27. The number of carbonyl (C=O) groups excluding carboxylic acids is 1. The van der Waals surface area contributed by atoms with Crippen molar-refractivity contribution in [3.63, 3.8) is 0 Å². The molecule has 5 nitrogen and oxygen atoms in total. The van der Waals surface area contributed by atoms with Gasteiger partial charge in [0, 0.05) is 26.2 Å². The van der Waals surface area contributed by atoms with Gasteiger partial charge in [-0.3, -0.25) is 0 Å². The minimum Gasteiger partial charge on any atom is -0.449 e. The Hall–Kier alpha value is -0.810. The molecule has 0 aromatic heterocycles. The lowest BCUT2D eigenvalue weighted by Crippen LogP contribution is -2.58. The molecular weight excluding hydrogens is 256 g/mol. The summed E-state index contributed by atoms with van der Waals surface area (Å²) in [5.74, 6) is 0. The zero-order valence-electron chi connectivity index (χ0n) is 12.8. The van der Waals surface area contributed by atoms with Gasteiger partial charge in [0.2, 0.25) is 0 Å². The van der Waals surface area contributed by atoms with Gasteiger partial charge in [-0.1, -0.05) is 20.3 Å². The van der Waals surface area contributed by atoms with E-state index in [1.807, 2.05) is 4.90 Å². The molecule has 2 heterocycles. The van der Waals surface area contributed by atoms with Gasteiger partial charge in [0.05, 0.1) is 18.3 Å². The van der Waals surface area contributed by atoms with Crippen molar-refractivity contribution >= 4 is 6.09 Å². The summed E-state index contributed by atoms with van der Waals surface area (Å²) in [5, 5.41) is 3.47. The van der Waals surface area contributed by atoms with Crippen LogP contribution in [0.3, 0.4) is 0 Å². The lowest BCUT2D eigenvalue weighted by atomic mass is 9.89. The van der Waals surface area contributed by atoms with Crippen LogP contribution in [0.15, 0.2) is 0 Å². The van der Waals surface area contributed by atoms with Gasteiger partial charge in [-0.05, 0) is 25.7 Å². The minimum atomic E-state index is -0.163. The topological polar surface area (TPSA) is 50.8 Å². The van der Waals surface area contributed by atoms with Gasteiger partial charge in [-0.25, -0.2) is 4.79 Å². The Morgan fingerprint density at radius 3 is 2.80 bits per heavy atom. The summed E-state index contributed by atoms with van der Waals surface area (Å²) in [6, 6.07) is 0. The van der Waals surface area contributed by atoms with E-state index < -0.39 is 0 Å². The number of ether oxygens (including phenoxy) is 2. The van der Waals surface area contributed by atoms with E-state index in [9.17, 15) is 4.79 Å². The fourth-order valence-corrected chi connectivity index (χ4v) is 2.91. The Kier molecular flexibility index (Phi) is 5.66. The molecule has 116 valence electrons. The average molecular weight is 284 g/mol. The highest BCUT2D eigenvalue weighted by Crippen LogP contribution is 2.30. The summed E-state index contributed by atoms with van der Waals surface area (Å²) in [6.07, 6.45) is 4.98. The number of piperidine rings is 1. The molecular formula is C15H28N2O3.